The molecule has 16 aromatic rings. The smallest absolute Gasteiger partial charge is 0.148 e. The number of aromatic nitrogens is 12. The van der Waals surface area contributed by atoms with E-state index in [2.05, 4.69) is 268 Å². The molecule has 0 bridgehead atoms. The largest absolute Gasteiger partial charge is 0.340 e. The Bertz CT molecular complexity index is 5950. The van der Waals surface area contributed by atoms with Crippen LogP contribution in [0.2, 0.25) is 0 Å². The SMILES string of the molecule is CCc1cccc(C)c1-n1cc(C#N)nc1-c1[c-]ccc(-c2c(C)cccc2C)c1.Cc1cc(C)c(-n2c(-c3[c-]cccc3)nc(C)c2-n2ccnc2)c(C)c1.Cc1cc(C)c(-n2ccnc2-c2[c-]ccc(-c3cccnc3)c2)c(C)c1.Cc1cccc(C)c1-n1cc(C#N)nc1-c1[c-]ccc(-c2cccnc2)c1.[Ir].[Ir].[Ir].[Ir]. The van der Waals surface area contributed by atoms with Crippen molar-refractivity contribution >= 4 is 0 Å². The van der Waals surface area contributed by atoms with Crippen molar-refractivity contribution in [3.8, 4) is 120 Å². The molecule has 0 fully saturated rings. The van der Waals surface area contributed by atoms with Crippen LogP contribution < -0.4 is 0 Å². The van der Waals surface area contributed by atoms with Gasteiger partial charge >= 0.3 is 0 Å². The van der Waals surface area contributed by atoms with Gasteiger partial charge in [0.25, 0.3) is 0 Å². The number of rotatable bonds is 13. The first-order valence-corrected chi connectivity index (χ1v) is 36.2. The van der Waals surface area contributed by atoms with E-state index in [9.17, 15) is 10.5 Å². The Balaban J connectivity index is 0.000000171. The van der Waals surface area contributed by atoms with Crippen LogP contribution in [-0.4, -0.2) is 57.7 Å². The van der Waals surface area contributed by atoms with Crippen molar-refractivity contribution in [1.29, 1.82) is 10.5 Å². The van der Waals surface area contributed by atoms with Gasteiger partial charge in [-0.3, -0.25) is 34.5 Å². The molecule has 0 amide bonds. The molecule has 0 aliphatic rings. The normalized spacial score (nSPS) is 10.4. The molecule has 113 heavy (non-hydrogen) atoms. The summed E-state index contributed by atoms with van der Waals surface area (Å²) < 4.78 is 10.4. The summed E-state index contributed by atoms with van der Waals surface area (Å²) in [5.41, 5.74) is 31.1. The van der Waals surface area contributed by atoms with Crippen LogP contribution in [0.5, 0.6) is 0 Å². The second kappa shape index (κ2) is 38.9. The molecule has 0 aliphatic heterocycles. The van der Waals surface area contributed by atoms with Crippen molar-refractivity contribution in [1.82, 2.24) is 57.7 Å². The van der Waals surface area contributed by atoms with Crippen LogP contribution in [0, 0.1) is 130 Å². The quantitative estimate of drug-likeness (QED) is 0.102. The van der Waals surface area contributed by atoms with Crippen LogP contribution in [0.4, 0.5) is 0 Å². The van der Waals surface area contributed by atoms with Crippen LogP contribution >= 0.6 is 0 Å². The minimum absolute atomic E-state index is 0. The predicted octanol–water partition coefficient (Wildman–Crippen LogP) is 21.3. The van der Waals surface area contributed by atoms with E-state index in [0.717, 1.165) is 119 Å². The molecule has 7 aromatic heterocycles. The van der Waals surface area contributed by atoms with E-state index in [1.165, 1.54) is 61.3 Å². The third-order valence-electron chi connectivity index (χ3n) is 19.2. The Kier molecular flexibility index (Phi) is 29.6. The van der Waals surface area contributed by atoms with Crippen LogP contribution in [0.3, 0.4) is 0 Å². The van der Waals surface area contributed by atoms with E-state index >= 15 is 0 Å². The zero-order valence-corrected chi connectivity index (χ0v) is 74.6. The number of pyridine rings is 2. The molecule has 0 aliphatic carbocycles. The first-order chi connectivity index (χ1) is 52.9. The second-order valence-electron chi connectivity index (χ2n) is 27.3. The van der Waals surface area contributed by atoms with Crippen LogP contribution in [0.25, 0.3) is 107 Å². The fraction of sp³-hybridized carbons (Fsp3) is 0.147. The van der Waals surface area contributed by atoms with Gasteiger partial charge in [-0.2, -0.15) is 10.5 Å². The van der Waals surface area contributed by atoms with Crippen molar-refractivity contribution in [3.05, 3.63) is 358 Å². The van der Waals surface area contributed by atoms with Gasteiger partial charge in [-0.1, -0.05) is 120 Å². The van der Waals surface area contributed by atoms with Crippen molar-refractivity contribution in [2.75, 3.05) is 0 Å². The second-order valence-corrected chi connectivity index (χ2v) is 27.3. The molecule has 14 nitrogen and oxygen atoms in total. The van der Waals surface area contributed by atoms with E-state index < -0.39 is 0 Å². The monoisotopic (exact) mass is 2190 g/mol. The molecule has 9 aromatic carbocycles. The van der Waals surface area contributed by atoms with E-state index in [-0.39, 0.29) is 80.4 Å². The van der Waals surface area contributed by atoms with E-state index in [1.807, 2.05) is 137 Å². The topological polar surface area (TPSA) is 162 Å². The van der Waals surface area contributed by atoms with Crippen LogP contribution in [0.1, 0.15) is 90.8 Å². The molecule has 572 valence electrons. The van der Waals surface area contributed by atoms with Gasteiger partial charge in [0.1, 0.15) is 35.7 Å². The maximum atomic E-state index is 9.53. The Morgan fingerprint density at radius 2 is 0.841 bits per heavy atom. The summed E-state index contributed by atoms with van der Waals surface area (Å²) in [4.78, 5) is 31.4. The van der Waals surface area contributed by atoms with Gasteiger partial charge in [0.05, 0.1) is 29.0 Å². The summed E-state index contributed by atoms with van der Waals surface area (Å²) in [5.74, 6) is 4.23. The average molecular weight is 2190 g/mol. The number of benzene rings is 9. The van der Waals surface area contributed by atoms with Gasteiger partial charge in [0, 0.05) is 165 Å². The number of hydrogen-bond donors (Lipinski definition) is 0. The third-order valence-corrected chi connectivity index (χ3v) is 19.2. The predicted molar refractivity (Wildman–Crippen MR) is 436 cm³/mol. The van der Waals surface area contributed by atoms with Crippen molar-refractivity contribution < 1.29 is 80.4 Å². The first kappa shape index (κ1) is 85.9. The molecule has 16 rings (SSSR count). The molecular formula is C95H82Ir4N14-4. The minimum Gasteiger partial charge on any atom is -0.340 e. The molecule has 0 unspecified atom stereocenters. The number of hydrogen-bond acceptors (Lipinski definition) is 9. The summed E-state index contributed by atoms with van der Waals surface area (Å²) in [7, 11) is 0. The number of aryl methyl sites for hydroxylation is 13. The zero-order valence-electron chi connectivity index (χ0n) is 65.0. The van der Waals surface area contributed by atoms with Crippen LogP contribution in [0.15, 0.2) is 250 Å². The zero-order chi connectivity index (χ0) is 76.4. The summed E-state index contributed by atoms with van der Waals surface area (Å²) in [6.45, 7) is 27.5. The number of nitrogens with zero attached hydrogens (tertiary/aromatic N) is 14. The standard InChI is InChI=1S/C27H24N3.C23H17N4.C23H20N3.C22H21N4.4Ir/c1-5-21-12-7-11-20(4)26(21)30-17-24(16-28)29-27(30)23-14-8-13-22(15-23)25-18(2)9-6-10-19(25)3;1-16-6-3-7-17(2)22(16)27-15-21(13-24)26-23(27)19-9-4-8-18(12-19)20-10-5-11-25-14-20;1-16-12-17(2)22(18(3)13-16)26-11-10-25-23(26)20-7-4-6-19(14-20)21-8-5-9-24-15-21;1-15-12-16(2)20(17(3)13-15)26-21(19-8-6-5-7-9-19)24-18(4)22(26)25-11-10-23-14-25;;;;/h6-13,15,17H,5H2,1-4H3;3-8,10-12,14-15H,1-2H3;4-6,8-15H,1-3H3;5-8,10-14H,1-4H3;;;;/q4*-1;;;;. The van der Waals surface area contributed by atoms with Gasteiger partial charge in [-0.15, -0.1) is 131 Å². The average Bonchev–Trinajstić information content (AvgIpc) is 1.61. The Labute approximate surface area is 716 Å². The van der Waals surface area contributed by atoms with Crippen LogP contribution in [-0.2, 0) is 86.8 Å². The van der Waals surface area contributed by atoms with Gasteiger partial charge < -0.3 is 18.3 Å². The summed E-state index contributed by atoms with van der Waals surface area (Å²) >= 11 is 0. The van der Waals surface area contributed by atoms with E-state index in [1.54, 1.807) is 24.8 Å². The molecule has 4 radical (unpaired) electrons. The number of para-hydroxylation sites is 2. The molecule has 0 spiro atoms. The summed E-state index contributed by atoms with van der Waals surface area (Å²) in [6, 6.07) is 79.4. The fourth-order valence-corrected chi connectivity index (χ4v) is 14.7. The molecule has 0 N–H and O–H groups in total. The van der Waals surface area contributed by atoms with Crippen molar-refractivity contribution in [2.45, 2.75) is 96.4 Å². The Morgan fingerprint density at radius 1 is 0.372 bits per heavy atom. The van der Waals surface area contributed by atoms with E-state index in [0.29, 0.717) is 17.2 Å². The molecule has 0 saturated carbocycles. The van der Waals surface area contributed by atoms with Gasteiger partial charge in [0.15, 0.2) is 0 Å². The minimum atomic E-state index is 0. The van der Waals surface area contributed by atoms with Crippen molar-refractivity contribution in [3.63, 3.8) is 0 Å². The molecule has 7 heterocycles. The van der Waals surface area contributed by atoms with Gasteiger partial charge in [-0.25, -0.2) is 4.98 Å². The first-order valence-electron chi connectivity index (χ1n) is 36.2. The van der Waals surface area contributed by atoms with Gasteiger partial charge in [0.2, 0.25) is 0 Å². The maximum absolute atomic E-state index is 9.53. The Morgan fingerprint density at radius 3 is 1.33 bits per heavy atom. The third kappa shape index (κ3) is 19.0. The molecular weight excluding hydrogens is 2110 g/mol. The Hall–Kier alpha value is -11.1. The van der Waals surface area contributed by atoms with E-state index in [4.69, 9.17) is 4.98 Å². The molecule has 0 atom stereocenters. The fourth-order valence-electron chi connectivity index (χ4n) is 14.7. The maximum Gasteiger partial charge on any atom is 0.148 e. The summed E-state index contributed by atoms with van der Waals surface area (Å²) in [5, 5.41) is 18.9. The molecule has 18 heteroatoms. The van der Waals surface area contributed by atoms with Gasteiger partial charge in [-0.05, 0) is 174 Å². The number of imidazole rings is 5. The number of nitriles is 2. The molecule has 0 saturated heterocycles. The van der Waals surface area contributed by atoms with Crippen molar-refractivity contribution in [2.24, 2.45) is 0 Å². The summed E-state index contributed by atoms with van der Waals surface area (Å²) in [6.07, 6.45) is 21.2.